The number of para-hydroxylation sites is 1. The number of fused-ring (bicyclic) bond motifs is 1. The number of nitrogens with zero attached hydrogens (tertiary/aromatic N) is 2. The van der Waals surface area contributed by atoms with Crippen molar-refractivity contribution in [2.75, 3.05) is 0 Å². The zero-order chi connectivity index (χ0) is 11.5. The van der Waals surface area contributed by atoms with E-state index in [1.54, 1.807) is 6.07 Å². The predicted octanol–water partition coefficient (Wildman–Crippen LogP) is 1.63. The standard InChI is InChI=1S/C11H9N3O2/c1-7(6-12)16-11(15)10-8-4-2-3-5-9(8)13-14-10/h2-5,7H,1H3,(H,13,14). The quantitative estimate of drug-likeness (QED) is 0.772. The Balaban J connectivity index is 2.34. The highest BCUT2D eigenvalue weighted by molar-refractivity contribution is 6.01. The molecule has 5 nitrogen and oxygen atoms in total. The predicted molar refractivity (Wildman–Crippen MR) is 56.6 cm³/mol. The topological polar surface area (TPSA) is 78.8 Å². The van der Waals surface area contributed by atoms with E-state index in [-0.39, 0.29) is 5.69 Å². The summed E-state index contributed by atoms with van der Waals surface area (Å²) < 4.78 is 4.87. The zero-order valence-electron chi connectivity index (χ0n) is 8.60. The average molecular weight is 215 g/mol. The third-order valence-electron chi connectivity index (χ3n) is 2.13. The molecular weight excluding hydrogens is 206 g/mol. The molecule has 1 heterocycles. The lowest BCUT2D eigenvalue weighted by molar-refractivity contribution is 0.0431. The van der Waals surface area contributed by atoms with E-state index in [0.717, 1.165) is 5.52 Å². The second-order valence-corrected chi connectivity index (χ2v) is 3.29. The van der Waals surface area contributed by atoms with Crippen molar-refractivity contribution in [3.63, 3.8) is 0 Å². The highest BCUT2D eigenvalue weighted by Crippen LogP contribution is 2.16. The summed E-state index contributed by atoms with van der Waals surface area (Å²) in [6.45, 7) is 1.51. The molecule has 2 aromatic rings. The number of hydrogen-bond donors (Lipinski definition) is 1. The molecule has 16 heavy (non-hydrogen) atoms. The first-order valence-corrected chi connectivity index (χ1v) is 4.76. The van der Waals surface area contributed by atoms with Crippen molar-refractivity contribution in [1.29, 1.82) is 5.26 Å². The molecule has 0 amide bonds. The molecule has 0 saturated carbocycles. The van der Waals surface area contributed by atoms with Crippen LogP contribution < -0.4 is 0 Å². The van der Waals surface area contributed by atoms with Crippen LogP contribution in [0, 0.1) is 11.3 Å². The third kappa shape index (κ3) is 1.73. The van der Waals surface area contributed by atoms with Crippen molar-refractivity contribution in [1.82, 2.24) is 10.2 Å². The summed E-state index contributed by atoms with van der Waals surface area (Å²) in [7, 11) is 0. The van der Waals surface area contributed by atoms with Gasteiger partial charge in [0.2, 0.25) is 0 Å². The van der Waals surface area contributed by atoms with Gasteiger partial charge in [-0.05, 0) is 13.0 Å². The number of aromatic amines is 1. The minimum Gasteiger partial charge on any atom is -0.442 e. The zero-order valence-corrected chi connectivity index (χ0v) is 8.60. The number of benzene rings is 1. The van der Waals surface area contributed by atoms with Crippen LogP contribution in [0.3, 0.4) is 0 Å². The molecule has 5 heteroatoms. The summed E-state index contributed by atoms with van der Waals surface area (Å²) in [5, 5.41) is 15.8. The van der Waals surface area contributed by atoms with Crippen LogP contribution in [-0.4, -0.2) is 22.3 Å². The summed E-state index contributed by atoms with van der Waals surface area (Å²) in [5.74, 6) is -0.591. The molecule has 0 fully saturated rings. The van der Waals surface area contributed by atoms with Gasteiger partial charge in [0.15, 0.2) is 11.8 Å². The van der Waals surface area contributed by atoms with Crippen molar-refractivity contribution >= 4 is 16.9 Å². The number of carbonyl (C=O) groups excluding carboxylic acids is 1. The van der Waals surface area contributed by atoms with E-state index in [1.807, 2.05) is 24.3 Å². The largest absolute Gasteiger partial charge is 0.442 e. The number of esters is 1. The van der Waals surface area contributed by atoms with Gasteiger partial charge in [0, 0.05) is 5.39 Å². The maximum atomic E-state index is 11.6. The van der Waals surface area contributed by atoms with Gasteiger partial charge in [-0.1, -0.05) is 18.2 Å². The molecule has 0 saturated heterocycles. The highest BCUT2D eigenvalue weighted by atomic mass is 16.5. The number of hydrogen-bond acceptors (Lipinski definition) is 4. The molecule has 0 spiro atoms. The molecule has 0 bridgehead atoms. The third-order valence-corrected chi connectivity index (χ3v) is 2.13. The van der Waals surface area contributed by atoms with Crippen molar-refractivity contribution < 1.29 is 9.53 Å². The maximum Gasteiger partial charge on any atom is 0.360 e. The molecule has 1 N–H and O–H groups in total. The van der Waals surface area contributed by atoms with Crippen LogP contribution in [0.5, 0.6) is 0 Å². The number of aromatic nitrogens is 2. The number of ether oxygens (including phenoxy) is 1. The highest BCUT2D eigenvalue weighted by Gasteiger charge is 2.17. The summed E-state index contributed by atoms with van der Waals surface area (Å²) in [6, 6.07) is 9.06. The Hall–Kier alpha value is -2.35. The van der Waals surface area contributed by atoms with Crippen molar-refractivity contribution in [3.05, 3.63) is 30.0 Å². The monoisotopic (exact) mass is 215 g/mol. The van der Waals surface area contributed by atoms with Gasteiger partial charge in [0.25, 0.3) is 0 Å². The lowest BCUT2D eigenvalue weighted by atomic mass is 10.2. The number of H-pyrrole nitrogens is 1. The minimum atomic E-state index is -0.775. The van der Waals surface area contributed by atoms with Crippen LogP contribution >= 0.6 is 0 Å². The fourth-order valence-corrected chi connectivity index (χ4v) is 1.36. The van der Waals surface area contributed by atoms with E-state index in [2.05, 4.69) is 10.2 Å². The fraction of sp³-hybridized carbons (Fsp3) is 0.182. The van der Waals surface area contributed by atoms with Crippen LogP contribution in [-0.2, 0) is 4.74 Å². The van der Waals surface area contributed by atoms with Crippen LogP contribution in [0.2, 0.25) is 0 Å². The minimum absolute atomic E-state index is 0.206. The first-order valence-electron chi connectivity index (χ1n) is 4.76. The molecule has 2 rings (SSSR count). The van der Waals surface area contributed by atoms with Crippen molar-refractivity contribution in [2.45, 2.75) is 13.0 Å². The normalized spacial score (nSPS) is 12.0. The molecule has 0 aliphatic heterocycles. The van der Waals surface area contributed by atoms with Crippen LogP contribution in [0.25, 0.3) is 10.9 Å². The Kier molecular flexibility index (Phi) is 2.56. The summed E-state index contributed by atoms with van der Waals surface area (Å²) in [6.07, 6.45) is -0.775. The van der Waals surface area contributed by atoms with E-state index >= 15 is 0 Å². The second-order valence-electron chi connectivity index (χ2n) is 3.29. The second kappa shape index (κ2) is 4.03. The van der Waals surface area contributed by atoms with Gasteiger partial charge in [-0.2, -0.15) is 10.4 Å². The number of nitriles is 1. The molecule has 1 aromatic carbocycles. The Bertz CT molecular complexity index is 568. The molecular formula is C11H9N3O2. The van der Waals surface area contributed by atoms with Crippen LogP contribution in [0.1, 0.15) is 17.4 Å². The fourth-order valence-electron chi connectivity index (χ4n) is 1.36. The summed E-state index contributed by atoms with van der Waals surface area (Å²) >= 11 is 0. The van der Waals surface area contributed by atoms with Crippen molar-refractivity contribution in [3.8, 4) is 6.07 Å². The van der Waals surface area contributed by atoms with Gasteiger partial charge in [-0.15, -0.1) is 0 Å². The van der Waals surface area contributed by atoms with Gasteiger partial charge in [-0.3, -0.25) is 5.10 Å². The molecule has 0 aliphatic rings. The smallest absolute Gasteiger partial charge is 0.360 e. The van der Waals surface area contributed by atoms with E-state index < -0.39 is 12.1 Å². The Labute approximate surface area is 91.6 Å². The summed E-state index contributed by atoms with van der Waals surface area (Å²) in [4.78, 5) is 11.6. The molecule has 0 radical (unpaired) electrons. The van der Waals surface area contributed by atoms with Gasteiger partial charge < -0.3 is 4.74 Å². The Morgan fingerprint density at radius 2 is 2.31 bits per heavy atom. The van der Waals surface area contributed by atoms with E-state index in [9.17, 15) is 4.79 Å². The molecule has 1 unspecified atom stereocenters. The molecule has 80 valence electrons. The van der Waals surface area contributed by atoms with E-state index in [0.29, 0.717) is 5.39 Å². The number of nitrogens with one attached hydrogen (secondary N) is 1. The lowest BCUT2D eigenvalue weighted by Crippen LogP contribution is -2.13. The van der Waals surface area contributed by atoms with Crippen LogP contribution in [0.15, 0.2) is 24.3 Å². The van der Waals surface area contributed by atoms with Gasteiger partial charge in [0.1, 0.15) is 6.07 Å². The van der Waals surface area contributed by atoms with Gasteiger partial charge >= 0.3 is 5.97 Å². The van der Waals surface area contributed by atoms with Crippen molar-refractivity contribution in [2.24, 2.45) is 0 Å². The van der Waals surface area contributed by atoms with Crippen LogP contribution in [0.4, 0.5) is 0 Å². The molecule has 1 aromatic heterocycles. The Morgan fingerprint density at radius 1 is 1.56 bits per heavy atom. The van der Waals surface area contributed by atoms with Gasteiger partial charge in [0.05, 0.1) is 5.52 Å². The SMILES string of the molecule is CC(C#N)OC(=O)c1n[nH]c2ccccc12. The Morgan fingerprint density at radius 3 is 3.06 bits per heavy atom. The molecule has 0 aliphatic carbocycles. The first-order chi connectivity index (χ1) is 7.72. The average Bonchev–Trinajstić information content (AvgIpc) is 2.72. The summed E-state index contributed by atoms with van der Waals surface area (Å²) in [5.41, 5.74) is 0.969. The van der Waals surface area contributed by atoms with E-state index in [4.69, 9.17) is 10.00 Å². The number of rotatable bonds is 2. The van der Waals surface area contributed by atoms with Gasteiger partial charge in [-0.25, -0.2) is 4.79 Å². The van der Waals surface area contributed by atoms with E-state index in [1.165, 1.54) is 6.92 Å². The first kappa shape index (κ1) is 10.2. The number of carbonyl (C=O) groups is 1. The molecule has 1 atom stereocenters. The lowest BCUT2D eigenvalue weighted by Gasteiger charge is -2.03. The maximum absolute atomic E-state index is 11.6.